The second-order valence-electron chi connectivity index (χ2n) is 7.00. The molecular formula is C22H18F3N3O. The summed E-state index contributed by atoms with van der Waals surface area (Å²) in [4.78, 5) is 22.9. The van der Waals surface area contributed by atoms with E-state index in [4.69, 9.17) is 0 Å². The van der Waals surface area contributed by atoms with Crippen LogP contribution in [0.3, 0.4) is 0 Å². The molecule has 4 nitrogen and oxygen atoms in total. The molecule has 1 aliphatic rings. The van der Waals surface area contributed by atoms with Gasteiger partial charge in [0, 0.05) is 36.5 Å². The molecule has 0 spiro atoms. The maximum Gasteiger partial charge on any atom is 0.259 e. The van der Waals surface area contributed by atoms with Crippen LogP contribution >= 0.6 is 0 Å². The van der Waals surface area contributed by atoms with Crippen molar-refractivity contribution < 1.29 is 18.0 Å². The van der Waals surface area contributed by atoms with Gasteiger partial charge in [0.1, 0.15) is 23.0 Å². The molecule has 1 aromatic heterocycles. The van der Waals surface area contributed by atoms with Crippen molar-refractivity contribution in [3.63, 3.8) is 0 Å². The number of carbonyl (C=O) groups is 1. The highest BCUT2D eigenvalue weighted by molar-refractivity contribution is 5.94. The Morgan fingerprint density at radius 2 is 1.79 bits per heavy atom. The molecule has 0 N–H and O–H groups in total. The maximum absolute atomic E-state index is 14.0. The third-order valence-electron chi connectivity index (χ3n) is 5.06. The number of halogens is 3. The van der Waals surface area contributed by atoms with E-state index in [0.717, 1.165) is 18.6 Å². The Morgan fingerprint density at radius 1 is 1.03 bits per heavy atom. The zero-order chi connectivity index (χ0) is 20.4. The molecule has 1 atom stereocenters. The van der Waals surface area contributed by atoms with Crippen molar-refractivity contribution in [2.24, 2.45) is 0 Å². The third kappa shape index (κ3) is 3.99. The Morgan fingerprint density at radius 3 is 2.55 bits per heavy atom. The van der Waals surface area contributed by atoms with Crippen LogP contribution in [0.4, 0.5) is 13.2 Å². The first kappa shape index (κ1) is 19.1. The summed E-state index contributed by atoms with van der Waals surface area (Å²) in [5.41, 5.74) is 0.742. The number of likely N-dealkylation sites (tertiary alicyclic amines) is 1. The number of amides is 1. The fourth-order valence-corrected chi connectivity index (χ4v) is 3.63. The van der Waals surface area contributed by atoms with Gasteiger partial charge in [-0.3, -0.25) is 4.79 Å². The van der Waals surface area contributed by atoms with Crippen LogP contribution in [-0.4, -0.2) is 33.9 Å². The van der Waals surface area contributed by atoms with E-state index in [1.165, 1.54) is 23.1 Å². The van der Waals surface area contributed by atoms with Gasteiger partial charge >= 0.3 is 0 Å². The first-order valence-electron chi connectivity index (χ1n) is 9.35. The smallest absolute Gasteiger partial charge is 0.259 e. The number of nitrogens with zero attached hydrogens (tertiary/aromatic N) is 3. The largest absolute Gasteiger partial charge is 0.338 e. The topological polar surface area (TPSA) is 46.1 Å². The normalized spacial score (nSPS) is 16.7. The molecule has 1 saturated heterocycles. The molecule has 2 aromatic carbocycles. The number of piperidine rings is 1. The zero-order valence-corrected chi connectivity index (χ0v) is 15.5. The predicted octanol–water partition coefficient (Wildman–Crippen LogP) is 4.58. The molecule has 0 saturated carbocycles. The Labute approximate surface area is 166 Å². The van der Waals surface area contributed by atoms with Gasteiger partial charge in [0.25, 0.3) is 5.91 Å². The predicted molar refractivity (Wildman–Crippen MR) is 102 cm³/mol. The fourth-order valence-electron chi connectivity index (χ4n) is 3.63. The lowest BCUT2D eigenvalue weighted by Crippen LogP contribution is -2.40. The van der Waals surface area contributed by atoms with Gasteiger partial charge in [-0.15, -0.1) is 0 Å². The standard InChI is InChI=1S/C22H18F3N3O/c23-16-6-1-4-14(12-16)21-26-10-9-19(27-21)15-5-3-11-28(13-15)22(29)20-17(24)7-2-8-18(20)25/h1-2,4,6-10,12,15H,3,5,11,13H2/t15-/m0/s1. The molecule has 148 valence electrons. The van der Waals surface area contributed by atoms with Crippen LogP contribution in [0.5, 0.6) is 0 Å². The van der Waals surface area contributed by atoms with Crippen molar-refractivity contribution >= 4 is 5.91 Å². The summed E-state index contributed by atoms with van der Waals surface area (Å²) in [6, 6.07) is 11.2. The van der Waals surface area contributed by atoms with Crippen LogP contribution in [0.2, 0.25) is 0 Å². The van der Waals surface area contributed by atoms with Gasteiger partial charge in [-0.2, -0.15) is 0 Å². The fraction of sp³-hybridized carbons (Fsp3) is 0.227. The van der Waals surface area contributed by atoms with Crippen LogP contribution in [0.1, 0.15) is 34.8 Å². The van der Waals surface area contributed by atoms with E-state index in [2.05, 4.69) is 9.97 Å². The van der Waals surface area contributed by atoms with E-state index >= 15 is 0 Å². The molecule has 0 aliphatic carbocycles. The van der Waals surface area contributed by atoms with Gasteiger partial charge < -0.3 is 4.90 Å². The Bertz CT molecular complexity index is 1040. The number of hydrogen-bond acceptors (Lipinski definition) is 3. The lowest BCUT2D eigenvalue weighted by Gasteiger charge is -2.32. The summed E-state index contributed by atoms with van der Waals surface area (Å²) >= 11 is 0. The summed E-state index contributed by atoms with van der Waals surface area (Å²) in [7, 11) is 0. The quantitative estimate of drug-likeness (QED) is 0.650. The number of hydrogen-bond donors (Lipinski definition) is 0. The molecule has 1 aliphatic heterocycles. The molecular weight excluding hydrogens is 379 g/mol. The molecule has 7 heteroatoms. The first-order valence-corrected chi connectivity index (χ1v) is 9.35. The van der Waals surface area contributed by atoms with Crippen molar-refractivity contribution in [1.82, 2.24) is 14.9 Å². The summed E-state index contributed by atoms with van der Waals surface area (Å²) in [5.74, 6) is -2.48. The number of benzene rings is 2. The van der Waals surface area contributed by atoms with Gasteiger partial charge in [0.15, 0.2) is 5.82 Å². The van der Waals surface area contributed by atoms with Crippen LogP contribution in [0.25, 0.3) is 11.4 Å². The molecule has 29 heavy (non-hydrogen) atoms. The highest BCUT2D eigenvalue weighted by Gasteiger charge is 2.29. The minimum Gasteiger partial charge on any atom is -0.338 e. The minimum atomic E-state index is -0.868. The highest BCUT2D eigenvalue weighted by Crippen LogP contribution is 2.28. The Hall–Kier alpha value is -3.22. The second kappa shape index (κ2) is 8.03. The molecule has 1 fully saturated rings. The summed E-state index contributed by atoms with van der Waals surface area (Å²) in [5, 5.41) is 0. The lowest BCUT2D eigenvalue weighted by atomic mass is 9.94. The van der Waals surface area contributed by atoms with E-state index in [-0.39, 0.29) is 11.7 Å². The highest BCUT2D eigenvalue weighted by atomic mass is 19.1. The van der Waals surface area contributed by atoms with Crippen LogP contribution < -0.4 is 0 Å². The monoisotopic (exact) mass is 397 g/mol. The molecule has 0 radical (unpaired) electrons. The van der Waals surface area contributed by atoms with E-state index in [1.807, 2.05) is 0 Å². The summed E-state index contributed by atoms with van der Waals surface area (Å²) < 4.78 is 41.5. The van der Waals surface area contributed by atoms with Gasteiger partial charge in [0.05, 0.1) is 0 Å². The number of carbonyl (C=O) groups excluding carboxylic acids is 1. The van der Waals surface area contributed by atoms with Crippen molar-refractivity contribution in [2.45, 2.75) is 18.8 Å². The number of aromatic nitrogens is 2. The maximum atomic E-state index is 14.0. The average Bonchev–Trinajstić information content (AvgIpc) is 2.74. The molecule has 4 rings (SSSR count). The lowest BCUT2D eigenvalue weighted by molar-refractivity contribution is 0.0696. The van der Waals surface area contributed by atoms with Crippen molar-refractivity contribution in [3.8, 4) is 11.4 Å². The van der Waals surface area contributed by atoms with E-state index in [0.29, 0.717) is 36.6 Å². The third-order valence-corrected chi connectivity index (χ3v) is 5.06. The van der Waals surface area contributed by atoms with E-state index in [9.17, 15) is 18.0 Å². The van der Waals surface area contributed by atoms with Gasteiger partial charge in [-0.05, 0) is 43.2 Å². The molecule has 2 heterocycles. The van der Waals surface area contributed by atoms with Crippen molar-refractivity contribution in [3.05, 3.63) is 83.4 Å². The molecule has 1 amide bonds. The Balaban J connectivity index is 1.58. The Kier molecular flexibility index (Phi) is 5.29. The average molecular weight is 397 g/mol. The molecule has 0 bridgehead atoms. The number of rotatable bonds is 3. The summed E-state index contributed by atoms with van der Waals surface area (Å²) in [6.45, 7) is 0.719. The zero-order valence-electron chi connectivity index (χ0n) is 15.5. The molecule has 0 unspecified atom stereocenters. The first-order chi connectivity index (χ1) is 14.0. The van der Waals surface area contributed by atoms with Gasteiger partial charge in [-0.1, -0.05) is 18.2 Å². The van der Waals surface area contributed by atoms with E-state index < -0.39 is 23.1 Å². The second-order valence-corrected chi connectivity index (χ2v) is 7.00. The van der Waals surface area contributed by atoms with Crippen molar-refractivity contribution in [2.75, 3.05) is 13.1 Å². The molecule has 3 aromatic rings. The SMILES string of the molecule is O=C(c1c(F)cccc1F)N1CCC[C@H](c2ccnc(-c3cccc(F)c3)n2)C1. The summed E-state index contributed by atoms with van der Waals surface area (Å²) in [6.07, 6.45) is 3.06. The van der Waals surface area contributed by atoms with Crippen LogP contribution in [0.15, 0.2) is 54.7 Å². The minimum absolute atomic E-state index is 0.0992. The van der Waals surface area contributed by atoms with Crippen molar-refractivity contribution in [1.29, 1.82) is 0 Å². The van der Waals surface area contributed by atoms with Crippen LogP contribution in [-0.2, 0) is 0 Å². The van der Waals surface area contributed by atoms with Crippen LogP contribution in [0, 0.1) is 17.5 Å². The van der Waals surface area contributed by atoms with Gasteiger partial charge in [0.2, 0.25) is 0 Å². The van der Waals surface area contributed by atoms with Gasteiger partial charge in [-0.25, -0.2) is 23.1 Å². The van der Waals surface area contributed by atoms with E-state index in [1.54, 1.807) is 24.4 Å².